The number of primary sulfonamides is 1. The van der Waals surface area contributed by atoms with Gasteiger partial charge in [-0.2, -0.15) is 0 Å². The van der Waals surface area contributed by atoms with Crippen molar-refractivity contribution < 1.29 is 13.5 Å². The summed E-state index contributed by atoms with van der Waals surface area (Å²) in [5.74, 6) is 0. The lowest BCUT2D eigenvalue weighted by atomic mass is 10.2. The molecular formula is C6H13NO3S. The van der Waals surface area contributed by atoms with E-state index in [1.54, 1.807) is 6.08 Å². The first kappa shape index (κ1) is 10.6. The average Bonchev–Trinajstić information content (AvgIpc) is 1.87. The predicted octanol–water partition coefficient (Wildman–Crippen LogP) is -0.398. The highest BCUT2D eigenvalue weighted by atomic mass is 32.2. The molecule has 0 saturated carbocycles. The molecule has 11 heavy (non-hydrogen) atoms. The van der Waals surface area contributed by atoms with Gasteiger partial charge in [0.25, 0.3) is 0 Å². The zero-order chi connectivity index (χ0) is 8.91. The summed E-state index contributed by atoms with van der Waals surface area (Å²) in [7, 11) is -3.58. The first-order chi connectivity index (χ1) is 5.02. The van der Waals surface area contributed by atoms with E-state index >= 15 is 0 Å². The van der Waals surface area contributed by atoms with E-state index in [9.17, 15) is 8.42 Å². The number of hydrogen-bond acceptors (Lipinski definition) is 3. The fourth-order valence-electron chi connectivity index (χ4n) is 0.663. The lowest BCUT2D eigenvalue weighted by molar-refractivity contribution is 0.286. The maximum atomic E-state index is 10.7. The average molecular weight is 179 g/mol. The van der Waals surface area contributed by atoms with E-state index in [2.05, 4.69) is 6.58 Å². The van der Waals surface area contributed by atoms with Crippen molar-refractivity contribution in [2.75, 3.05) is 6.61 Å². The number of aliphatic hydroxyl groups is 1. The highest BCUT2D eigenvalue weighted by Crippen LogP contribution is 2.04. The Hall–Kier alpha value is -0.390. The Labute approximate surface area is 66.8 Å². The van der Waals surface area contributed by atoms with E-state index in [4.69, 9.17) is 10.2 Å². The summed E-state index contributed by atoms with van der Waals surface area (Å²) < 4.78 is 21.3. The van der Waals surface area contributed by atoms with Gasteiger partial charge in [-0.15, -0.1) is 6.58 Å². The number of aliphatic hydroxyl groups excluding tert-OH is 1. The van der Waals surface area contributed by atoms with Crippen molar-refractivity contribution in [3.8, 4) is 0 Å². The monoisotopic (exact) mass is 179 g/mol. The highest BCUT2D eigenvalue weighted by Gasteiger charge is 2.18. The standard InChI is InChI=1S/C6H13NO3S/c1-2-3-4-6(5-8)11(7,9)10/h2,6,8H,1,3-5H2,(H2,7,9,10)/t6-/m0/s1. The molecule has 0 bridgehead atoms. The molecule has 0 aliphatic rings. The molecule has 0 aliphatic carbocycles. The van der Waals surface area contributed by atoms with Gasteiger partial charge in [0.2, 0.25) is 10.0 Å². The summed E-state index contributed by atoms with van der Waals surface area (Å²) in [4.78, 5) is 0. The molecule has 0 amide bonds. The van der Waals surface area contributed by atoms with Gasteiger partial charge in [0.05, 0.1) is 11.9 Å². The lowest BCUT2D eigenvalue weighted by Gasteiger charge is -2.08. The highest BCUT2D eigenvalue weighted by molar-refractivity contribution is 7.89. The van der Waals surface area contributed by atoms with E-state index in [0.717, 1.165) is 0 Å². The smallest absolute Gasteiger partial charge is 0.214 e. The molecule has 0 aromatic heterocycles. The molecular weight excluding hydrogens is 166 g/mol. The molecule has 4 nitrogen and oxygen atoms in total. The van der Waals surface area contributed by atoms with Crippen molar-refractivity contribution >= 4 is 10.0 Å². The van der Waals surface area contributed by atoms with Crippen molar-refractivity contribution in [1.29, 1.82) is 0 Å². The van der Waals surface area contributed by atoms with Gasteiger partial charge in [-0.05, 0) is 12.8 Å². The van der Waals surface area contributed by atoms with Crippen LogP contribution in [0, 0.1) is 0 Å². The molecule has 0 spiro atoms. The second kappa shape index (κ2) is 4.48. The summed E-state index contributed by atoms with van der Waals surface area (Å²) in [5.41, 5.74) is 0. The van der Waals surface area contributed by atoms with Crippen molar-refractivity contribution in [2.24, 2.45) is 5.14 Å². The molecule has 0 heterocycles. The maximum absolute atomic E-state index is 10.7. The first-order valence-electron chi connectivity index (χ1n) is 3.25. The SMILES string of the molecule is C=CCC[C@@H](CO)S(N)(=O)=O. The molecule has 0 aliphatic heterocycles. The van der Waals surface area contributed by atoms with Crippen LogP contribution in [0.15, 0.2) is 12.7 Å². The summed E-state index contributed by atoms with van der Waals surface area (Å²) in [6.45, 7) is 3.01. The van der Waals surface area contributed by atoms with Crippen LogP contribution in [0.3, 0.4) is 0 Å². The summed E-state index contributed by atoms with van der Waals surface area (Å²) in [6.07, 6.45) is 2.47. The Bertz CT molecular complexity index is 210. The molecule has 0 rings (SSSR count). The van der Waals surface area contributed by atoms with Gasteiger partial charge in [-0.25, -0.2) is 13.6 Å². The van der Waals surface area contributed by atoms with E-state index < -0.39 is 21.9 Å². The quantitative estimate of drug-likeness (QED) is 0.564. The normalized spacial score (nSPS) is 14.4. The fraction of sp³-hybridized carbons (Fsp3) is 0.667. The minimum Gasteiger partial charge on any atom is -0.395 e. The second-order valence-electron chi connectivity index (χ2n) is 2.26. The number of allylic oxidation sites excluding steroid dienone is 1. The van der Waals surface area contributed by atoms with Gasteiger partial charge >= 0.3 is 0 Å². The summed E-state index contributed by atoms with van der Waals surface area (Å²) >= 11 is 0. The van der Waals surface area contributed by atoms with Gasteiger partial charge in [-0.1, -0.05) is 6.08 Å². The third-order valence-corrected chi connectivity index (χ3v) is 2.68. The zero-order valence-electron chi connectivity index (χ0n) is 6.23. The Morgan fingerprint density at radius 3 is 2.45 bits per heavy atom. The summed E-state index contributed by atoms with van der Waals surface area (Å²) in [6, 6.07) is 0. The molecule has 0 aromatic carbocycles. The Kier molecular flexibility index (Phi) is 4.32. The van der Waals surface area contributed by atoms with Crippen LogP contribution >= 0.6 is 0 Å². The molecule has 0 unspecified atom stereocenters. The minimum atomic E-state index is -3.58. The van der Waals surface area contributed by atoms with Gasteiger partial charge < -0.3 is 5.11 Å². The van der Waals surface area contributed by atoms with Crippen LogP contribution in [-0.4, -0.2) is 25.4 Å². The molecule has 5 heteroatoms. The Balaban J connectivity index is 4.07. The third-order valence-electron chi connectivity index (χ3n) is 1.36. The van der Waals surface area contributed by atoms with Gasteiger partial charge in [-0.3, -0.25) is 0 Å². The molecule has 0 saturated heterocycles. The molecule has 1 atom stereocenters. The molecule has 66 valence electrons. The van der Waals surface area contributed by atoms with Crippen molar-refractivity contribution in [3.63, 3.8) is 0 Å². The maximum Gasteiger partial charge on any atom is 0.214 e. The van der Waals surface area contributed by atoms with Crippen molar-refractivity contribution in [1.82, 2.24) is 0 Å². The number of nitrogens with two attached hydrogens (primary N) is 1. The van der Waals surface area contributed by atoms with Crippen LogP contribution in [0.1, 0.15) is 12.8 Å². The van der Waals surface area contributed by atoms with Crippen LogP contribution in [0.25, 0.3) is 0 Å². The van der Waals surface area contributed by atoms with E-state index in [1.807, 2.05) is 0 Å². The molecule has 0 fully saturated rings. The van der Waals surface area contributed by atoms with Gasteiger partial charge in [0.1, 0.15) is 0 Å². The Morgan fingerprint density at radius 1 is 1.64 bits per heavy atom. The number of rotatable bonds is 5. The van der Waals surface area contributed by atoms with Crippen LogP contribution in [0.5, 0.6) is 0 Å². The number of hydrogen-bond donors (Lipinski definition) is 2. The van der Waals surface area contributed by atoms with E-state index in [-0.39, 0.29) is 0 Å². The third kappa shape index (κ3) is 4.13. The van der Waals surface area contributed by atoms with Crippen LogP contribution in [0.4, 0.5) is 0 Å². The zero-order valence-corrected chi connectivity index (χ0v) is 7.05. The lowest BCUT2D eigenvalue weighted by Crippen LogP contribution is -2.31. The second-order valence-corrected chi connectivity index (χ2v) is 4.10. The number of sulfonamides is 1. The Morgan fingerprint density at radius 2 is 2.18 bits per heavy atom. The van der Waals surface area contributed by atoms with Gasteiger partial charge in [0, 0.05) is 0 Å². The van der Waals surface area contributed by atoms with Crippen molar-refractivity contribution in [3.05, 3.63) is 12.7 Å². The first-order valence-corrected chi connectivity index (χ1v) is 4.86. The fourth-order valence-corrected chi connectivity index (χ4v) is 1.34. The van der Waals surface area contributed by atoms with Crippen LogP contribution in [0.2, 0.25) is 0 Å². The van der Waals surface area contributed by atoms with Gasteiger partial charge in [0.15, 0.2) is 0 Å². The van der Waals surface area contributed by atoms with Crippen LogP contribution < -0.4 is 5.14 Å². The molecule has 3 N–H and O–H groups in total. The van der Waals surface area contributed by atoms with E-state index in [1.165, 1.54) is 0 Å². The molecule has 0 radical (unpaired) electrons. The summed E-state index contributed by atoms with van der Waals surface area (Å²) in [5, 5.41) is 12.6. The minimum absolute atomic E-state index is 0.332. The topological polar surface area (TPSA) is 80.4 Å². The largest absolute Gasteiger partial charge is 0.395 e. The molecule has 0 aromatic rings. The predicted molar refractivity (Wildman–Crippen MR) is 43.4 cm³/mol. The van der Waals surface area contributed by atoms with Crippen LogP contribution in [-0.2, 0) is 10.0 Å². The van der Waals surface area contributed by atoms with E-state index in [0.29, 0.717) is 12.8 Å². The van der Waals surface area contributed by atoms with Crippen molar-refractivity contribution in [2.45, 2.75) is 18.1 Å².